The molecule has 4 rings (SSSR count). The fourth-order valence-electron chi connectivity index (χ4n) is 4.01. The van der Waals surface area contributed by atoms with Gasteiger partial charge in [-0.3, -0.25) is 4.79 Å². The van der Waals surface area contributed by atoms with E-state index in [9.17, 15) is 13.2 Å². The predicted molar refractivity (Wildman–Crippen MR) is 104 cm³/mol. The lowest BCUT2D eigenvalue weighted by molar-refractivity contribution is 0.0792. The minimum Gasteiger partial charge on any atom is -0.339 e. The van der Waals surface area contributed by atoms with Crippen molar-refractivity contribution in [1.82, 2.24) is 9.62 Å². The highest BCUT2D eigenvalue weighted by atomic mass is 32.2. The van der Waals surface area contributed by atoms with Crippen molar-refractivity contribution in [2.45, 2.75) is 43.0 Å². The Hall–Kier alpha value is -2.18. The quantitative estimate of drug-likeness (QED) is 0.880. The molecule has 5 nitrogen and oxygen atoms in total. The van der Waals surface area contributed by atoms with Crippen LogP contribution in [0.5, 0.6) is 0 Å². The number of nitrogens with zero attached hydrogens (tertiary/aromatic N) is 1. The SMILES string of the molecule is O=C(c1ccc(S(=O)(=O)N[C@@H]2CCCc3ccccc32)cc1)N1CCCC1. The summed E-state index contributed by atoms with van der Waals surface area (Å²) in [5.74, 6) is -0.0226. The van der Waals surface area contributed by atoms with Crippen LogP contribution in [0.2, 0.25) is 0 Å². The summed E-state index contributed by atoms with van der Waals surface area (Å²) in [6, 6.07) is 14.1. The highest BCUT2D eigenvalue weighted by molar-refractivity contribution is 7.89. The van der Waals surface area contributed by atoms with Gasteiger partial charge in [0, 0.05) is 24.7 Å². The van der Waals surface area contributed by atoms with Gasteiger partial charge in [0.15, 0.2) is 0 Å². The van der Waals surface area contributed by atoms with Gasteiger partial charge in [0.05, 0.1) is 4.90 Å². The molecule has 1 amide bonds. The first kappa shape index (κ1) is 18.2. The summed E-state index contributed by atoms with van der Waals surface area (Å²) in [4.78, 5) is 14.4. The molecule has 142 valence electrons. The van der Waals surface area contributed by atoms with Crippen molar-refractivity contribution in [3.8, 4) is 0 Å². The van der Waals surface area contributed by atoms with Crippen molar-refractivity contribution in [3.63, 3.8) is 0 Å². The topological polar surface area (TPSA) is 66.5 Å². The second kappa shape index (κ2) is 7.44. The van der Waals surface area contributed by atoms with E-state index in [1.165, 1.54) is 17.7 Å². The van der Waals surface area contributed by atoms with E-state index in [2.05, 4.69) is 10.8 Å². The summed E-state index contributed by atoms with van der Waals surface area (Å²) < 4.78 is 28.5. The molecular formula is C21H24N2O3S. The van der Waals surface area contributed by atoms with Crippen LogP contribution in [0.4, 0.5) is 0 Å². The Balaban J connectivity index is 1.52. The Bertz CT molecular complexity index is 932. The standard InChI is InChI=1S/C21H24N2O3S/c24-21(23-14-3-4-15-23)17-10-12-18(13-11-17)27(25,26)22-20-9-5-7-16-6-1-2-8-19(16)20/h1-2,6,8,10-13,20,22H,3-5,7,9,14-15H2/t20-/m1/s1. The Morgan fingerprint density at radius 2 is 1.67 bits per heavy atom. The maximum absolute atomic E-state index is 12.8. The number of likely N-dealkylation sites (tertiary alicyclic amines) is 1. The number of carbonyl (C=O) groups is 1. The minimum atomic E-state index is -3.64. The third kappa shape index (κ3) is 3.77. The molecule has 2 aromatic carbocycles. The van der Waals surface area contributed by atoms with E-state index in [1.807, 2.05) is 23.1 Å². The molecule has 2 aliphatic rings. The van der Waals surface area contributed by atoms with E-state index in [1.54, 1.807) is 12.1 Å². The third-order valence-electron chi connectivity index (χ3n) is 5.47. The van der Waals surface area contributed by atoms with Crippen LogP contribution in [-0.2, 0) is 16.4 Å². The monoisotopic (exact) mass is 384 g/mol. The third-order valence-corrected chi connectivity index (χ3v) is 6.96. The fraction of sp³-hybridized carbons (Fsp3) is 0.381. The Morgan fingerprint density at radius 1 is 0.963 bits per heavy atom. The van der Waals surface area contributed by atoms with Crippen molar-refractivity contribution in [1.29, 1.82) is 0 Å². The number of sulfonamides is 1. The van der Waals surface area contributed by atoms with Crippen LogP contribution >= 0.6 is 0 Å². The van der Waals surface area contributed by atoms with Gasteiger partial charge in [0.2, 0.25) is 10.0 Å². The molecule has 0 radical (unpaired) electrons. The second-order valence-corrected chi connectivity index (χ2v) is 9.00. The van der Waals surface area contributed by atoms with Crippen LogP contribution < -0.4 is 4.72 Å². The van der Waals surface area contributed by atoms with Crippen molar-refractivity contribution in [2.24, 2.45) is 0 Å². The highest BCUT2D eigenvalue weighted by Gasteiger charge is 2.26. The normalized spacial score (nSPS) is 19.7. The molecule has 0 aromatic heterocycles. The van der Waals surface area contributed by atoms with Gasteiger partial charge in [-0.1, -0.05) is 24.3 Å². The number of rotatable bonds is 4. The second-order valence-electron chi connectivity index (χ2n) is 7.29. The summed E-state index contributed by atoms with van der Waals surface area (Å²) in [5, 5.41) is 0. The Labute approximate surface area is 160 Å². The average Bonchev–Trinajstić information content (AvgIpc) is 3.22. The lowest BCUT2D eigenvalue weighted by atomic mass is 9.88. The number of amides is 1. The van der Waals surface area contributed by atoms with Gasteiger partial charge in [-0.2, -0.15) is 0 Å². The fourth-order valence-corrected chi connectivity index (χ4v) is 5.26. The van der Waals surface area contributed by atoms with Crippen LogP contribution in [0, 0.1) is 0 Å². The molecule has 1 saturated heterocycles. The van der Waals surface area contributed by atoms with Crippen molar-refractivity contribution in [3.05, 3.63) is 65.2 Å². The Morgan fingerprint density at radius 3 is 2.41 bits per heavy atom. The summed E-state index contributed by atoms with van der Waals surface area (Å²) in [7, 11) is -3.64. The molecule has 0 unspecified atom stereocenters. The van der Waals surface area contributed by atoms with E-state index in [0.717, 1.165) is 50.8 Å². The molecule has 1 N–H and O–H groups in total. The number of aryl methyl sites for hydroxylation is 1. The average molecular weight is 385 g/mol. The van der Waals surface area contributed by atoms with Gasteiger partial charge >= 0.3 is 0 Å². The summed E-state index contributed by atoms with van der Waals surface area (Å²) in [6.45, 7) is 1.56. The van der Waals surface area contributed by atoms with Crippen molar-refractivity contribution >= 4 is 15.9 Å². The van der Waals surface area contributed by atoms with Crippen LogP contribution in [0.25, 0.3) is 0 Å². The highest BCUT2D eigenvalue weighted by Crippen LogP contribution is 2.30. The largest absolute Gasteiger partial charge is 0.339 e. The lowest BCUT2D eigenvalue weighted by Crippen LogP contribution is -2.31. The number of nitrogens with one attached hydrogen (secondary N) is 1. The maximum atomic E-state index is 12.8. The molecule has 1 atom stereocenters. The van der Waals surface area contributed by atoms with Crippen LogP contribution in [0.1, 0.15) is 53.2 Å². The molecule has 0 bridgehead atoms. The van der Waals surface area contributed by atoms with Gasteiger partial charge in [0.1, 0.15) is 0 Å². The zero-order chi connectivity index (χ0) is 18.9. The van der Waals surface area contributed by atoms with E-state index < -0.39 is 10.0 Å². The molecule has 27 heavy (non-hydrogen) atoms. The van der Waals surface area contributed by atoms with Gasteiger partial charge in [0.25, 0.3) is 5.91 Å². The lowest BCUT2D eigenvalue weighted by Gasteiger charge is -2.26. The minimum absolute atomic E-state index is 0.0226. The van der Waals surface area contributed by atoms with Gasteiger partial charge in [-0.05, 0) is 67.5 Å². The van der Waals surface area contributed by atoms with E-state index in [0.29, 0.717) is 5.56 Å². The van der Waals surface area contributed by atoms with Crippen LogP contribution in [0.3, 0.4) is 0 Å². The van der Waals surface area contributed by atoms with Crippen molar-refractivity contribution in [2.75, 3.05) is 13.1 Å². The molecule has 1 heterocycles. The first-order valence-corrected chi connectivity index (χ1v) is 11.0. The first-order chi connectivity index (χ1) is 13.0. The van der Waals surface area contributed by atoms with E-state index in [4.69, 9.17) is 0 Å². The predicted octanol–water partition coefficient (Wildman–Crippen LogP) is 3.28. The van der Waals surface area contributed by atoms with Crippen LogP contribution in [-0.4, -0.2) is 32.3 Å². The summed E-state index contributed by atoms with van der Waals surface area (Å²) in [5.41, 5.74) is 2.81. The summed E-state index contributed by atoms with van der Waals surface area (Å²) in [6.07, 6.45) is 4.81. The number of benzene rings is 2. The Kier molecular flexibility index (Phi) is 5.02. The molecule has 0 spiro atoms. The van der Waals surface area contributed by atoms with E-state index in [-0.39, 0.29) is 16.8 Å². The summed E-state index contributed by atoms with van der Waals surface area (Å²) >= 11 is 0. The molecule has 1 aliphatic heterocycles. The molecule has 6 heteroatoms. The number of hydrogen-bond acceptors (Lipinski definition) is 3. The molecular weight excluding hydrogens is 360 g/mol. The number of carbonyl (C=O) groups excluding carboxylic acids is 1. The molecule has 2 aromatic rings. The smallest absolute Gasteiger partial charge is 0.253 e. The van der Waals surface area contributed by atoms with Gasteiger partial charge < -0.3 is 4.90 Å². The number of fused-ring (bicyclic) bond motifs is 1. The zero-order valence-corrected chi connectivity index (χ0v) is 16.0. The van der Waals surface area contributed by atoms with Gasteiger partial charge in [-0.15, -0.1) is 0 Å². The molecule has 0 saturated carbocycles. The van der Waals surface area contributed by atoms with Crippen molar-refractivity contribution < 1.29 is 13.2 Å². The van der Waals surface area contributed by atoms with E-state index >= 15 is 0 Å². The maximum Gasteiger partial charge on any atom is 0.253 e. The molecule has 1 aliphatic carbocycles. The zero-order valence-electron chi connectivity index (χ0n) is 15.2. The van der Waals surface area contributed by atoms with Gasteiger partial charge in [-0.25, -0.2) is 13.1 Å². The first-order valence-electron chi connectivity index (χ1n) is 9.54. The number of hydrogen-bond donors (Lipinski definition) is 1. The molecule has 1 fully saturated rings. The van der Waals surface area contributed by atoms with Crippen LogP contribution in [0.15, 0.2) is 53.4 Å².